The molecule has 6 heteroatoms. The lowest BCUT2D eigenvalue weighted by atomic mass is 10.2. The monoisotopic (exact) mass is 268 g/mol. The lowest BCUT2D eigenvalue weighted by Gasteiger charge is -2.11. The van der Waals surface area contributed by atoms with Gasteiger partial charge in [-0.2, -0.15) is 0 Å². The van der Waals surface area contributed by atoms with E-state index < -0.39 is 6.36 Å². The van der Waals surface area contributed by atoms with Crippen LogP contribution in [0.3, 0.4) is 0 Å². The van der Waals surface area contributed by atoms with Crippen LogP contribution in [0.2, 0.25) is 0 Å². The Kier molecular flexibility index (Phi) is 2.73. The Morgan fingerprint density at radius 2 is 1.95 bits per heavy atom. The number of benzene rings is 1. The van der Waals surface area contributed by atoms with Gasteiger partial charge < -0.3 is 9.72 Å². The molecule has 0 atom stereocenters. The highest BCUT2D eigenvalue weighted by atomic mass is 19.4. The summed E-state index contributed by atoms with van der Waals surface area (Å²) in [5.74, 6) is 0.630. The van der Waals surface area contributed by atoms with E-state index in [9.17, 15) is 13.2 Å². The molecule has 19 heavy (non-hydrogen) atoms. The van der Waals surface area contributed by atoms with Gasteiger partial charge in [0.2, 0.25) is 0 Å². The van der Waals surface area contributed by atoms with Gasteiger partial charge in [0.1, 0.15) is 11.6 Å². The van der Waals surface area contributed by atoms with E-state index in [-0.39, 0.29) is 5.75 Å². The Morgan fingerprint density at radius 1 is 1.21 bits per heavy atom. The Balaban J connectivity index is 1.94. The number of rotatable bonds is 3. The molecule has 3 rings (SSSR count). The predicted molar refractivity (Wildman–Crippen MR) is 62.7 cm³/mol. The minimum absolute atomic E-state index is 0.244. The number of ether oxygens (including phenoxy) is 1. The Hall–Kier alpha value is -1.98. The van der Waals surface area contributed by atoms with E-state index in [1.165, 1.54) is 12.1 Å². The van der Waals surface area contributed by atoms with Gasteiger partial charge in [-0.1, -0.05) is 12.1 Å². The molecule has 2 aromatic rings. The van der Waals surface area contributed by atoms with E-state index in [0.29, 0.717) is 17.3 Å². The van der Waals surface area contributed by atoms with Crippen molar-refractivity contribution >= 4 is 0 Å². The van der Waals surface area contributed by atoms with Gasteiger partial charge in [-0.25, -0.2) is 4.98 Å². The molecule has 0 bridgehead atoms. The maximum atomic E-state index is 12.3. The van der Waals surface area contributed by atoms with Crippen molar-refractivity contribution in [2.75, 3.05) is 0 Å². The van der Waals surface area contributed by atoms with Crippen molar-refractivity contribution < 1.29 is 17.9 Å². The van der Waals surface area contributed by atoms with Crippen LogP contribution >= 0.6 is 0 Å². The van der Waals surface area contributed by atoms with E-state index in [1.807, 2.05) is 0 Å². The van der Waals surface area contributed by atoms with Crippen LogP contribution in [0, 0.1) is 0 Å². The van der Waals surface area contributed by atoms with Crippen LogP contribution in [0.25, 0.3) is 11.4 Å². The summed E-state index contributed by atoms with van der Waals surface area (Å²) >= 11 is 0. The second-order valence-corrected chi connectivity index (χ2v) is 4.51. The van der Waals surface area contributed by atoms with Crippen LogP contribution in [0.1, 0.15) is 24.5 Å². The lowest BCUT2D eigenvalue weighted by molar-refractivity contribution is -0.274. The largest absolute Gasteiger partial charge is 0.573 e. The van der Waals surface area contributed by atoms with E-state index in [2.05, 4.69) is 14.7 Å². The zero-order valence-corrected chi connectivity index (χ0v) is 9.87. The normalized spacial score (nSPS) is 15.5. The third-order valence-electron chi connectivity index (χ3n) is 2.98. The minimum atomic E-state index is -4.71. The number of hydrogen-bond donors (Lipinski definition) is 1. The summed E-state index contributed by atoms with van der Waals surface area (Å²) in [4.78, 5) is 7.19. The van der Waals surface area contributed by atoms with Gasteiger partial charge in [0.15, 0.2) is 0 Å². The number of aromatic amines is 1. The third kappa shape index (κ3) is 2.72. The standard InChI is InChI=1S/C13H11F3N2O/c14-13(15,16)19-11-4-2-1-3-9(11)12-17-7-10(18-12)8-5-6-8/h1-4,7-8H,5-6H2,(H,17,18). The number of nitrogens with one attached hydrogen (secondary N) is 1. The fraction of sp³-hybridized carbons (Fsp3) is 0.308. The molecule has 0 amide bonds. The molecule has 0 radical (unpaired) electrons. The highest BCUT2D eigenvalue weighted by molar-refractivity contribution is 5.64. The first kappa shape index (κ1) is 12.1. The summed E-state index contributed by atoms with van der Waals surface area (Å²) in [5, 5.41) is 0. The van der Waals surface area contributed by atoms with Crippen LogP contribution in [-0.2, 0) is 0 Å². The van der Waals surface area contributed by atoms with Gasteiger partial charge in [-0.15, -0.1) is 13.2 Å². The van der Waals surface area contributed by atoms with Crippen molar-refractivity contribution in [2.45, 2.75) is 25.1 Å². The molecule has 1 N–H and O–H groups in total. The molecule has 0 aliphatic heterocycles. The van der Waals surface area contributed by atoms with Gasteiger partial charge in [-0.3, -0.25) is 0 Å². The summed E-state index contributed by atoms with van der Waals surface area (Å²) in [7, 11) is 0. The van der Waals surface area contributed by atoms with Gasteiger partial charge in [0, 0.05) is 17.8 Å². The molecule has 1 fully saturated rings. The summed E-state index contributed by atoms with van der Waals surface area (Å²) in [6.07, 6.45) is -0.829. The SMILES string of the molecule is FC(F)(F)Oc1ccccc1-c1ncc(C2CC2)[nH]1. The second kappa shape index (κ2) is 4.29. The lowest BCUT2D eigenvalue weighted by Crippen LogP contribution is -2.17. The minimum Gasteiger partial charge on any atom is -0.405 e. The van der Waals surface area contributed by atoms with Crippen LogP contribution in [0.15, 0.2) is 30.5 Å². The van der Waals surface area contributed by atoms with Gasteiger partial charge >= 0.3 is 6.36 Å². The quantitative estimate of drug-likeness (QED) is 0.918. The number of hydrogen-bond acceptors (Lipinski definition) is 2. The summed E-state index contributed by atoms with van der Waals surface area (Å²) in [5.41, 5.74) is 1.28. The fourth-order valence-electron chi connectivity index (χ4n) is 1.95. The van der Waals surface area contributed by atoms with Gasteiger partial charge in [0.05, 0.1) is 5.56 Å². The average molecular weight is 268 g/mol. The van der Waals surface area contributed by atoms with E-state index in [4.69, 9.17) is 0 Å². The molecule has 0 unspecified atom stereocenters. The molecular weight excluding hydrogens is 257 g/mol. The van der Waals surface area contributed by atoms with Crippen molar-refractivity contribution in [3.05, 3.63) is 36.2 Å². The number of H-pyrrole nitrogens is 1. The fourth-order valence-corrected chi connectivity index (χ4v) is 1.95. The van der Waals surface area contributed by atoms with Crippen molar-refractivity contribution in [2.24, 2.45) is 0 Å². The van der Waals surface area contributed by atoms with Gasteiger partial charge in [-0.05, 0) is 25.0 Å². The molecular formula is C13H11F3N2O. The number of halogens is 3. The first-order valence-corrected chi connectivity index (χ1v) is 5.93. The highest BCUT2D eigenvalue weighted by Crippen LogP contribution is 2.40. The number of para-hydroxylation sites is 1. The molecule has 0 saturated heterocycles. The van der Waals surface area contributed by atoms with Crippen molar-refractivity contribution in [1.82, 2.24) is 9.97 Å². The first-order chi connectivity index (χ1) is 9.03. The zero-order chi connectivity index (χ0) is 13.5. The maximum Gasteiger partial charge on any atom is 0.573 e. The summed E-state index contributed by atoms with van der Waals surface area (Å²) < 4.78 is 41.0. The first-order valence-electron chi connectivity index (χ1n) is 5.93. The van der Waals surface area contributed by atoms with Crippen molar-refractivity contribution in [3.8, 4) is 17.1 Å². The van der Waals surface area contributed by atoms with Gasteiger partial charge in [0.25, 0.3) is 0 Å². The Bertz CT molecular complexity index is 588. The average Bonchev–Trinajstić information content (AvgIpc) is 3.07. The topological polar surface area (TPSA) is 37.9 Å². The Morgan fingerprint density at radius 3 is 2.63 bits per heavy atom. The number of nitrogens with zero attached hydrogens (tertiary/aromatic N) is 1. The molecule has 3 nitrogen and oxygen atoms in total. The summed E-state index contributed by atoms with van der Waals surface area (Å²) in [6.45, 7) is 0. The van der Waals surface area contributed by atoms with Crippen molar-refractivity contribution in [1.29, 1.82) is 0 Å². The predicted octanol–water partition coefficient (Wildman–Crippen LogP) is 3.85. The van der Waals surface area contributed by atoms with E-state index >= 15 is 0 Å². The molecule has 0 spiro atoms. The number of alkyl halides is 3. The van der Waals surface area contributed by atoms with Crippen LogP contribution in [0.5, 0.6) is 5.75 Å². The Labute approximate surface area is 107 Å². The van der Waals surface area contributed by atoms with Crippen LogP contribution in [-0.4, -0.2) is 16.3 Å². The number of imidazole rings is 1. The molecule has 1 aliphatic rings. The zero-order valence-electron chi connectivity index (χ0n) is 9.87. The molecule has 1 saturated carbocycles. The maximum absolute atomic E-state index is 12.3. The molecule has 1 aromatic heterocycles. The third-order valence-corrected chi connectivity index (χ3v) is 2.98. The van der Waals surface area contributed by atoms with E-state index in [1.54, 1.807) is 18.3 Å². The molecule has 100 valence electrons. The molecule has 1 aromatic carbocycles. The smallest absolute Gasteiger partial charge is 0.405 e. The molecule has 1 heterocycles. The molecule has 1 aliphatic carbocycles. The van der Waals surface area contributed by atoms with E-state index in [0.717, 1.165) is 18.5 Å². The van der Waals surface area contributed by atoms with Crippen molar-refractivity contribution in [3.63, 3.8) is 0 Å². The number of aromatic nitrogens is 2. The highest BCUT2D eigenvalue weighted by Gasteiger charge is 2.32. The van der Waals surface area contributed by atoms with Crippen LogP contribution in [0.4, 0.5) is 13.2 Å². The van der Waals surface area contributed by atoms with Crippen LogP contribution < -0.4 is 4.74 Å². The summed E-state index contributed by atoms with van der Waals surface area (Å²) in [6, 6.07) is 5.98. The second-order valence-electron chi connectivity index (χ2n) is 4.51.